The second-order valence-electron chi connectivity index (χ2n) is 8.62. The number of pyridine rings is 1. The molecule has 1 fully saturated rings. The largest absolute Gasteiger partial charge is 0.412 e. The number of rotatable bonds is 2. The van der Waals surface area contributed by atoms with Crippen LogP contribution in [0.2, 0.25) is 0 Å². The maximum absolute atomic E-state index is 13.2. The molecule has 1 saturated heterocycles. The number of carbonyl (C=O) groups is 1. The minimum absolute atomic E-state index is 0.0325. The van der Waals surface area contributed by atoms with Gasteiger partial charge < -0.3 is 10.0 Å². The highest BCUT2D eigenvalue weighted by Crippen LogP contribution is 2.44. The number of nitriles is 1. The normalized spacial score (nSPS) is 24.7. The van der Waals surface area contributed by atoms with Crippen LogP contribution in [0.5, 0.6) is 0 Å². The molecule has 32 heavy (non-hydrogen) atoms. The van der Waals surface area contributed by atoms with Crippen LogP contribution in [0.3, 0.4) is 0 Å². The Bertz CT molecular complexity index is 1220. The average Bonchev–Trinajstić information content (AvgIpc) is 3.06. The molecule has 2 aromatic heterocycles. The second-order valence-corrected chi connectivity index (χ2v) is 8.62. The summed E-state index contributed by atoms with van der Waals surface area (Å²) < 4.78 is 41.3. The van der Waals surface area contributed by atoms with Crippen molar-refractivity contribution < 1.29 is 23.1 Å². The van der Waals surface area contributed by atoms with Crippen molar-refractivity contribution in [3.05, 3.63) is 40.7 Å². The Balaban J connectivity index is 1.80. The molecule has 1 aliphatic heterocycles. The maximum atomic E-state index is 13.2. The summed E-state index contributed by atoms with van der Waals surface area (Å²) in [5, 5.41) is 25.6. The van der Waals surface area contributed by atoms with Gasteiger partial charge in [-0.15, -0.1) is 0 Å². The highest BCUT2D eigenvalue weighted by Gasteiger charge is 2.43. The molecule has 7 nitrogen and oxygen atoms in total. The van der Waals surface area contributed by atoms with Crippen LogP contribution in [-0.2, 0) is 4.79 Å². The Morgan fingerprint density at radius 1 is 1.34 bits per heavy atom. The molecule has 10 heteroatoms. The van der Waals surface area contributed by atoms with Gasteiger partial charge in [-0.25, -0.2) is 9.67 Å². The molecule has 1 aliphatic carbocycles. The van der Waals surface area contributed by atoms with Crippen LogP contribution in [0, 0.1) is 11.3 Å². The van der Waals surface area contributed by atoms with Crippen molar-refractivity contribution >= 4 is 22.5 Å². The van der Waals surface area contributed by atoms with Crippen molar-refractivity contribution in [1.29, 1.82) is 5.26 Å². The number of hydrogen-bond acceptors (Lipinski definition) is 5. The molecule has 0 saturated carbocycles. The Morgan fingerprint density at radius 3 is 2.66 bits per heavy atom. The van der Waals surface area contributed by atoms with E-state index in [-0.39, 0.29) is 23.2 Å². The summed E-state index contributed by atoms with van der Waals surface area (Å²) in [5.41, 5.74) is -1.11. The van der Waals surface area contributed by atoms with Crippen LogP contribution in [0.1, 0.15) is 50.5 Å². The molecule has 168 valence electrons. The first-order valence-corrected chi connectivity index (χ1v) is 10.2. The molecule has 4 rings (SSSR count). The molecule has 2 unspecified atom stereocenters. The first kappa shape index (κ1) is 22.0. The highest BCUT2D eigenvalue weighted by molar-refractivity contribution is 5.85. The molecule has 2 aliphatic rings. The lowest BCUT2D eigenvalue weighted by molar-refractivity contribution is -0.133. The number of halogens is 3. The SMILES string of the molecule is CC1=C(c2ccc3c(C#N)n(C4CCC(=O)N(C)C4)nc3n2)C(C)(O)CC(C(F)(F)F)=C1. The molecule has 0 radical (unpaired) electrons. The van der Waals surface area contributed by atoms with E-state index in [1.165, 1.54) is 13.8 Å². The number of aliphatic hydroxyl groups is 1. The lowest BCUT2D eigenvalue weighted by Gasteiger charge is -2.33. The number of likely N-dealkylation sites (tertiary alicyclic amines) is 1. The molecular formula is C22H22F3N5O2. The van der Waals surface area contributed by atoms with Crippen LogP contribution < -0.4 is 0 Å². The van der Waals surface area contributed by atoms with Crippen molar-refractivity contribution in [3.8, 4) is 6.07 Å². The highest BCUT2D eigenvalue weighted by atomic mass is 19.4. The molecule has 1 N–H and O–H groups in total. The van der Waals surface area contributed by atoms with Crippen LogP contribution >= 0.6 is 0 Å². The van der Waals surface area contributed by atoms with E-state index in [9.17, 15) is 28.3 Å². The number of aromatic nitrogens is 3. The Labute approximate surface area is 182 Å². The summed E-state index contributed by atoms with van der Waals surface area (Å²) >= 11 is 0. The van der Waals surface area contributed by atoms with Gasteiger partial charge in [0.05, 0.1) is 22.7 Å². The van der Waals surface area contributed by atoms with Gasteiger partial charge in [0.1, 0.15) is 11.8 Å². The van der Waals surface area contributed by atoms with Crippen molar-refractivity contribution in [2.75, 3.05) is 13.6 Å². The number of piperidine rings is 1. The zero-order valence-electron chi connectivity index (χ0n) is 17.9. The summed E-state index contributed by atoms with van der Waals surface area (Å²) in [5.74, 6) is 0.0325. The van der Waals surface area contributed by atoms with E-state index in [1.807, 2.05) is 0 Å². The number of carbonyl (C=O) groups excluding carboxylic acids is 1. The minimum Gasteiger partial charge on any atom is -0.385 e. The molecule has 3 heterocycles. The predicted molar refractivity (Wildman–Crippen MR) is 110 cm³/mol. The zero-order chi connectivity index (χ0) is 23.4. The Morgan fingerprint density at radius 2 is 2.06 bits per heavy atom. The molecule has 2 atom stereocenters. The van der Waals surface area contributed by atoms with Crippen molar-refractivity contribution in [1.82, 2.24) is 19.7 Å². The first-order chi connectivity index (χ1) is 14.9. The summed E-state index contributed by atoms with van der Waals surface area (Å²) in [4.78, 5) is 17.9. The number of nitrogens with zero attached hydrogens (tertiary/aromatic N) is 5. The fraction of sp³-hybridized carbons (Fsp3) is 0.455. The molecule has 0 spiro atoms. The molecule has 1 amide bonds. The van der Waals surface area contributed by atoms with E-state index in [4.69, 9.17) is 0 Å². The second kappa shape index (κ2) is 7.45. The number of likely N-dealkylation sites (N-methyl/N-ethyl adjacent to an activating group) is 1. The van der Waals surface area contributed by atoms with Gasteiger partial charge in [0.2, 0.25) is 5.91 Å². The van der Waals surface area contributed by atoms with Crippen LogP contribution in [0.15, 0.2) is 29.4 Å². The molecule has 0 aromatic carbocycles. The zero-order valence-corrected chi connectivity index (χ0v) is 17.9. The number of alkyl halides is 3. The summed E-state index contributed by atoms with van der Waals surface area (Å²) in [6, 6.07) is 5.21. The minimum atomic E-state index is -4.52. The van der Waals surface area contributed by atoms with Crippen LogP contribution in [0.4, 0.5) is 13.2 Å². The lowest BCUT2D eigenvalue weighted by atomic mass is 9.79. The van der Waals surface area contributed by atoms with E-state index in [0.29, 0.717) is 41.7 Å². The number of hydrogen-bond donors (Lipinski definition) is 1. The Hall–Kier alpha value is -3.19. The topological polar surface area (TPSA) is 95.0 Å². The van der Waals surface area contributed by atoms with Gasteiger partial charge in [-0.05, 0) is 38.0 Å². The van der Waals surface area contributed by atoms with Gasteiger partial charge in [0.15, 0.2) is 5.65 Å². The van der Waals surface area contributed by atoms with E-state index >= 15 is 0 Å². The van der Waals surface area contributed by atoms with Gasteiger partial charge in [-0.2, -0.15) is 23.5 Å². The predicted octanol–water partition coefficient (Wildman–Crippen LogP) is 3.51. The third-order valence-electron chi connectivity index (χ3n) is 6.09. The molecule has 0 bridgehead atoms. The van der Waals surface area contributed by atoms with Gasteiger partial charge in [0.25, 0.3) is 0 Å². The summed E-state index contributed by atoms with van der Waals surface area (Å²) in [6.07, 6.45) is -3.17. The monoisotopic (exact) mass is 445 g/mol. The smallest absolute Gasteiger partial charge is 0.385 e. The maximum Gasteiger partial charge on any atom is 0.412 e. The van der Waals surface area contributed by atoms with E-state index < -0.39 is 23.8 Å². The lowest BCUT2D eigenvalue weighted by Crippen LogP contribution is -2.38. The summed E-state index contributed by atoms with van der Waals surface area (Å²) in [7, 11) is 1.70. The van der Waals surface area contributed by atoms with Gasteiger partial charge >= 0.3 is 6.18 Å². The van der Waals surface area contributed by atoms with E-state index in [0.717, 1.165) is 6.08 Å². The first-order valence-electron chi connectivity index (χ1n) is 10.2. The average molecular weight is 445 g/mol. The summed E-state index contributed by atoms with van der Waals surface area (Å²) in [6.45, 7) is 3.26. The standard InChI is InChI=1S/C22H22F3N5O2/c1-12-8-13(22(23,24)25)9-21(2,32)19(12)16-6-5-15-17(10-26)30(28-20(15)27-16)14-4-7-18(31)29(3)11-14/h5-6,8,14,32H,4,7,9,11H2,1-3H3. The third-order valence-corrected chi connectivity index (χ3v) is 6.09. The van der Waals surface area contributed by atoms with E-state index in [1.54, 1.807) is 28.8 Å². The van der Waals surface area contributed by atoms with Crippen molar-refractivity contribution in [2.45, 2.75) is 50.9 Å². The fourth-order valence-electron chi connectivity index (χ4n) is 4.62. The Kier molecular flexibility index (Phi) is 5.12. The number of allylic oxidation sites excluding steroid dienone is 2. The van der Waals surface area contributed by atoms with Gasteiger partial charge in [-0.1, -0.05) is 6.08 Å². The fourth-order valence-corrected chi connectivity index (χ4v) is 4.62. The van der Waals surface area contributed by atoms with Gasteiger partial charge in [-0.3, -0.25) is 4.79 Å². The van der Waals surface area contributed by atoms with Crippen molar-refractivity contribution in [3.63, 3.8) is 0 Å². The number of amides is 1. The van der Waals surface area contributed by atoms with Crippen molar-refractivity contribution in [2.24, 2.45) is 0 Å². The van der Waals surface area contributed by atoms with Crippen LogP contribution in [0.25, 0.3) is 16.6 Å². The molecular weight excluding hydrogens is 423 g/mol. The van der Waals surface area contributed by atoms with E-state index in [2.05, 4.69) is 16.2 Å². The number of fused-ring (bicyclic) bond motifs is 1. The van der Waals surface area contributed by atoms with Gasteiger partial charge in [0, 0.05) is 37.6 Å². The molecule has 2 aromatic rings. The quantitative estimate of drug-likeness (QED) is 0.763. The van der Waals surface area contributed by atoms with Crippen LogP contribution in [-0.4, -0.2) is 56.0 Å². The third kappa shape index (κ3) is 3.66.